The molecule has 0 atom stereocenters. The van der Waals surface area contributed by atoms with Crippen molar-refractivity contribution in [3.8, 4) is 17.7 Å². The number of pyridine rings is 1. The molecule has 10 nitrogen and oxygen atoms in total. The highest BCUT2D eigenvalue weighted by Crippen LogP contribution is 2.33. The lowest BCUT2D eigenvalue weighted by Crippen LogP contribution is -2.33. The fourth-order valence-electron chi connectivity index (χ4n) is 3.74. The summed E-state index contributed by atoms with van der Waals surface area (Å²) in [7, 11) is 0. The number of anilines is 2. The van der Waals surface area contributed by atoms with Gasteiger partial charge in [0.1, 0.15) is 30.3 Å². The topological polar surface area (TPSA) is 128 Å². The summed E-state index contributed by atoms with van der Waals surface area (Å²) in [5.74, 6) is 0.565. The molecule has 1 fully saturated rings. The molecule has 1 aromatic carbocycles. The van der Waals surface area contributed by atoms with Crippen LogP contribution in [0.4, 0.5) is 16.2 Å². The van der Waals surface area contributed by atoms with E-state index in [4.69, 9.17) is 10.00 Å². The van der Waals surface area contributed by atoms with E-state index in [1.165, 1.54) is 29.7 Å². The molecule has 0 aliphatic carbocycles. The number of aromatic nitrogens is 4. The lowest BCUT2D eigenvalue weighted by Gasteiger charge is -2.20. The monoisotopic (exact) mass is 439 g/mol. The van der Waals surface area contributed by atoms with Gasteiger partial charge in [-0.15, -0.1) is 0 Å². The van der Waals surface area contributed by atoms with E-state index in [1.807, 2.05) is 19.1 Å². The fraction of sp³-hybridized carbons (Fsp3) is 0.130. The van der Waals surface area contributed by atoms with Crippen molar-refractivity contribution in [1.29, 1.82) is 5.26 Å². The van der Waals surface area contributed by atoms with Crippen LogP contribution in [0.25, 0.3) is 11.0 Å². The van der Waals surface area contributed by atoms with Gasteiger partial charge in [0.05, 0.1) is 28.5 Å². The number of hydrogen-bond acceptors (Lipinski definition) is 7. The molecule has 0 bridgehead atoms. The Balaban J connectivity index is 1.45. The van der Waals surface area contributed by atoms with Crippen LogP contribution in [0.15, 0.2) is 55.2 Å². The number of carbonyl (C=O) groups excluding carboxylic acids is 2. The molecule has 0 radical (unpaired) electrons. The second-order valence-electron chi connectivity index (χ2n) is 7.31. The molecule has 3 aromatic heterocycles. The summed E-state index contributed by atoms with van der Waals surface area (Å²) in [6.07, 6.45) is 6.59. The van der Waals surface area contributed by atoms with Gasteiger partial charge >= 0.3 is 6.03 Å². The molecule has 0 unspecified atom stereocenters. The Morgan fingerprint density at radius 1 is 1.18 bits per heavy atom. The maximum absolute atomic E-state index is 13.1. The Kier molecular flexibility index (Phi) is 4.91. The summed E-state index contributed by atoms with van der Waals surface area (Å²) in [5, 5.41) is 9.85. The molecule has 162 valence electrons. The number of rotatable bonds is 5. The lowest BCUT2D eigenvalue weighted by atomic mass is 10.1. The minimum atomic E-state index is -0.495. The minimum Gasteiger partial charge on any atom is -0.438 e. The minimum absolute atomic E-state index is 0.136. The van der Waals surface area contributed by atoms with Crippen LogP contribution in [0, 0.1) is 11.3 Å². The average molecular weight is 439 g/mol. The lowest BCUT2D eigenvalue weighted by molar-refractivity contribution is -0.115. The van der Waals surface area contributed by atoms with Crippen molar-refractivity contribution < 1.29 is 14.3 Å². The highest BCUT2D eigenvalue weighted by molar-refractivity contribution is 6.27. The van der Waals surface area contributed by atoms with E-state index in [1.54, 1.807) is 24.4 Å². The van der Waals surface area contributed by atoms with Crippen LogP contribution < -0.4 is 14.5 Å². The van der Waals surface area contributed by atoms with Crippen molar-refractivity contribution in [3.63, 3.8) is 0 Å². The summed E-state index contributed by atoms with van der Waals surface area (Å²) in [5.41, 5.74) is 2.62. The quantitative estimate of drug-likeness (QED) is 0.471. The molecule has 33 heavy (non-hydrogen) atoms. The highest BCUT2D eigenvalue weighted by Gasteiger charge is 2.39. The molecule has 1 aliphatic rings. The molecule has 4 aromatic rings. The molecule has 1 N–H and O–H groups in total. The summed E-state index contributed by atoms with van der Waals surface area (Å²) >= 11 is 0. The summed E-state index contributed by atoms with van der Waals surface area (Å²) in [6, 6.07) is 10.0. The third kappa shape index (κ3) is 3.51. The molecule has 5 rings (SSSR count). The number of carbonyl (C=O) groups is 2. The van der Waals surface area contributed by atoms with Crippen LogP contribution in [-0.2, 0) is 11.2 Å². The molecular weight excluding hydrogens is 422 g/mol. The van der Waals surface area contributed by atoms with Crippen molar-refractivity contribution in [2.45, 2.75) is 13.3 Å². The van der Waals surface area contributed by atoms with E-state index < -0.39 is 6.03 Å². The van der Waals surface area contributed by atoms with E-state index in [-0.39, 0.29) is 12.5 Å². The predicted octanol–water partition coefficient (Wildman–Crippen LogP) is 3.55. The van der Waals surface area contributed by atoms with Gasteiger partial charge in [-0.3, -0.25) is 14.7 Å². The smallest absolute Gasteiger partial charge is 0.336 e. The van der Waals surface area contributed by atoms with Gasteiger partial charge in [-0.2, -0.15) is 5.26 Å². The first-order valence-corrected chi connectivity index (χ1v) is 10.2. The maximum Gasteiger partial charge on any atom is 0.336 e. The van der Waals surface area contributed by atoms with Crippen LogP contribution in [-0.4, -0.2) is 38.4 Å². The largest absolute Gasteiger partial charge is 0.438 e. The van der Waals surface area contributed by atoms with Crippen molar-refractivity contribution in [1.82, 2.24) is 19.9 Å². The average Bonchev–Trinajstić information content (AvgIpc) is 3.44. The number of amides is 3. The van der Waals surface area contributed by atoms with Gasteiger partial charge < -0.3 is 9.72 Å². The van der Waals surface area contributed by atoms with E-state index >= 15 is 0 Å². The van der Waals surface area contributed by atoms with Crippen LogP contribution in [0.5, 0.6) is 11.6 Å². The van der Waals surface area contributed by atoms with Gasteiger partial charge in [-0.1, -0.05) is 6.92 Å². The predicted molar refractivity (Wildman–Crippen MR) is 119 cm³/mol. The van der Waals surface area contributed by atoms with Crippen molar-refractivity contribution in [2.24, 2.45) is 0 Å². The summed E-state index contributed by atoms with van der Waals surface area (Å²) in [6.45, 7) is 1.80. The normalized spacial score (nSPS) is 13.6. The standard InChI is InChI=1S/C23H17N7O3/c1-2-15-8-17(33-22-18-5-6-26-21(18)27-13-28-22)3-4-19(15)30-20(31)12-29(23(30)32)16-7-14(9-24)10-25-11-16/h3-8,10-11,13H,2,12H2,1H3,(H,26,27,28). The Morgan fingerprint density at radius 2 is 2.06 bits per heavy atom. The molecule has 4 heterocycles. The van der Waals surface area contributed by atoms with E-state index in [0.29, 0.717) is 40.6 Å². The van der Waals surface area contributed by atoms with Gasteiger partial charge in [0.2, 0.25) is 5.88 Å². The van der Waals surface area contributed by atoms with E-state index in [0.717, 1.165) is 15.8 Å². The third-order valence-electron chi connectivity index (χ3n) is 5.33. The number of nitrogens with zero attached hydrogens (tertiary/aromatic N) is 6. The molecule has 0 spiro atoms. The van der Waals surface area contributed by atoms with Crippen LogP contribution in [0.3, 0.4) is 0 Å². The van der Waals surface area contributed by atoms with Gasteiger partial charge in [0.15, 0.2) is 0 Å². The Hall–Kier alpha value is -4.78. The Morgan fingerprint density at radius 3 is 2.88 bits per heavy atom. The first-order valence-electron chi connectivity index (χ1n) is 10.2. The summed E-state index contributed by atoms with van der Waals surface area (Å²) < 4.78 is 5.97. The molecule has 0 saturated carbocycles. The third-order valence-corrected chi connectivity index (χ3v) is 5.33. The zero-order valence-corrected chi connectivity index (χ0v) is 17.5. The molecule has 10 heteroatoms. The number of hydrogen-bond donors (Lipinski definition) is 1. The van der Waals surface area contributed by atoms with Crippen molar-refractivity contribution in [2.75, 3.05) is 16.3 Å². The van der Waals surface area contributed by atoms with E-state index in [9.17, 15) is 9.59 Å². The van der Waals surface area contributed by atoms with Crippen LogP contribution >= 0.6 is 0 Å². The summed E-state index contributed by atoms with van der Waals surface area (Å²) in [4.78, 5) is 43.8. The number of aryl methyl sites for hydroxylation is 1. The number of urea groups is 1. The Bertz CT molecular complexity index is 1440. The van der Waals surface area contributed by atoms with Crippen molar-refractivity contribution in [3.05, 3.63) is 66.4 Å². The number of benzene rings is 1. The Labute approximate surface area is 188 Å². The molecule has 1 saturated heterocycles. The highest BCUT2D eigenvalue weighted by atomic mass is 16.5. The second-order valence-corrected chi connectivity index (χ2v) is 7.31. The zero-order valence-electron chi connectivity index (χ0n) is 17.5. The molecular formula is C23H17N7O3. The van der Waals surface area contributed by atoms with Crippen LogP contribution in [0.2, 0.25) is 0 Å². The number of fused-ring (bicyclic) bond motifs is 1. The van der Waals surface area contributed by atoms with Gasteiger partial charge in [-0.05, 0) is 42.3 Å². The van der Waals surface area contributed by atoms with Crippen LogP contribution in [0.1, 0.15) is 18.1 Å². The number of H-pyrrole nitrogens is 1. The number of nitrogens with one attached hydrogen (secondary N) is 1. The second kappa shape index (κ2) is 8.05. The first kappa shape index (κ1) is 20.1. The number of nitriles is 1. The first-order chi connectivity index (χ1) is 16.1. The van der Waals surface area contributed by atoms with Gasteiger partial charge in [0, 0.05) is 12.4 Å². The fourth-order valence-corrected chi connectivity index (χ4v) is 3.74. The van der Waals surface area contributed by atoms with Gasteiger partial charge in [0.25, 0.3) is 5.91 Å². The molecule has 3 amide bonds. The van der Waals surface area contributed by atoms with E-state index in [2.05, 4.69) is 19.9 Å². The number of ether oxygens (including phenoxy) is 1. The SMILES string of the molecule is CCc1cc(Oc2ncnc3[nH]ccc23)ccc1N1C(=O)CN(c2cncc(C#N)c2)C1=O. The molecule has 1 aliphatic heterocycles. The van der Waals surface area contributed by atoms with Gasteiger partial charge in [-0.25, -0.2) is 19.7 Å². The zero-order chi connectivity index (χ0) is 22.9. The maximum atomic E-state index is 13.1. The number of aromatic amines is 1. The number of imide groups is 1. The van der Waals surface area contributed by atoms with Crippen molar-refractivity contribution >= 4 is 34.3 Å².